The molecule has 0 unspecified atom stereocenters. The first kappa shape index (κ1) is 63.5. The topological polar surface area (TPSA) is 209 Å². The van der Waals surface area contributed by atoms with Crippen LogP contribution in [-0.2, 0) is 36.7 Å². The zero-order chi connectivity index (χ0) is 57.9. The van der Waals surface area contributed by atoms with E-state index in [9.17, 15) is 37.1 Å². The number of piperazine rings is 1. The van der Waals surface area contributed by atoms with E-state index in [0.29, 0.717) is 33.2 Å². The number of benzene rings is 5. The Labute approximate surface area is 474 Å². The van der Waals surface area contributed by atoms with Gasteiger partial charge in [-0.25, -0.2) is 14.3 Å². The summed E-state index contributed by atoms with van der Waals surface area (Å²) in [7, 11) is 0. The van der Waals surface area contributed by atoms with Gasteiger partial charge in [-0.05, 0) is 68.8 Å². The molecule has 4 amide bonds. The van der Waals surface area contributed by atoms with Gasteiger partial charge in [-0.2, -0.15) is 31.8 Å². The summed E-state index contributed by atoms with van der Waals surface area (Å²) in [6, 6.07) is 33.1. The number of H-pyrrole nitrogens is 1. The zero-order valence-corrected chi connectivity index (χ0v) is 46.7. The van der Waals surface area contributed by atoms with Gasteiger partial charge in [0, 0.05) is 63.5 Å². The van der Waals surface area contributed by atoms with Crippen molar-refractivity contribution in [3.8, 4) is 11.1 Å². The highest BCUT2D eigenvalue weighted by atomic mass is 32.1. The van der Waals surface area contributed by atoms with Gasteiger partial charge < -0.3 is 40.4 Å². The number of nitrogens with two attached hydrogens (primary N) is 1. The van der Waals surface area contributed by atoms with E-state index in [2.05, 4.69) is 20.8 Å². The second-order valence-electron chi connectivity index (χ2n) is 18.1. The van der Waals surface area contributed by atoms with Crippen LogP contribution in [0.15, 0.2) is 138 Å². The number of halogens is 4. The number of carbonyl (C=O) groups is 5. The number of amides is 4. The first-order valence-corrected chi connectivity index (χ1v) is 26.4. The van der Waals surface area contributed by atoms with Crippen molar-refractivity contribution in [2.45, 2.75) is 52.6 Å². The van der Waals surface area contributed by atoms with Crippen molar-refractivity contribution in [3.63, 3.8) is 0 Å². The lowest BCUT2D eigenvalue weighted by Crippen LogP contribution is -2.53. The highest BCUT2D eigenvalue weighted by molar-refractivity contribution is 7.59. The van der Waals surface area contributed by atoms with Crippen LogP contribution in [0.5, 0.6) is 0 Å². The van der Waals surface area contributed by atoms with Crippen LogP contribution in [0.25, 0.3) is 27.5 Å². The Hall–Kier alpha value is -8.30. The number of aromatic nitrogens is 2. The number of fused-ring (bicyclic) bond motifs is 4. The SMILES string of the molecule is C=O.CC.CC.NC1=C(C(=O)NCCOCCN(CC(=O)N2CCN(C(=O)c3cc(Cc4n[nH]c(=O)c5ccccc45)ccc3F)CC2)C(=O)OCC2c3ccccc3-c3ccccc32)NCC(c2cccc(CC(F)(F)F)c2)=C1.S. The molecule has 1 aromatic heterocycles. The summed E-state index contributed by atoms with van der Waals surface area (Å²) in [6.45, 7) is 10.3. The number of hydrogen-bond acceptors (Lipinski definition) is 11. The molecule has 0 spiro atoms. The van der Waals surface area contributed by atoms with Gasteiger partial charge in [-0.15, -0.1) is 0 Å². The van der Waals surface area contributed by atoms with E-state index in [-0.39, 0.29) is 126 Å². The third-order valence-corrected chi connectivity index (χ3v) is 13.3. The van der Waals surface area contributed by atoms with Crippen molar-refractivity contribution in [1.82, 2.24) is 35.5 Å². The van der Waals surface area contributed by atoms with Gasteiger partial charge >= 0.3 is 12.3 Å². The number of aromatic amines is 1. The lowest BCUT2D eigenvalue weighted by Gasteiger charge is -2.36. The molecule has 5 aromatic carbocycles. The van der Waals surface area contributed by atoms with E-state index in [1.165, 1.54) is 45.0 Å². The number of allylic oxidation sites excluding steroid dienone is 1. The standard InChI is InChI=1S/C55H52F4N8O7.2C2H6.CH2O.H2S/c56-46-17-16-34(28-48-42-14-5-6-15-43(42)51(69)64-63-48)27-44(46)53(71)66-21-19-65(20-22-66)49(68)32-67(54(72)74-33-45-40-12-3-1-10-38(40)39-11-2-4-13-41(39)45)23-25-73-24-18-61-52(70)50-47(60)29-37(31-62-50)36-9-7-8-35(26-36)30-55(57,58)59;3*1-2;/h1-17,26-27,29,45,62H,18-25,28,30-33,60H2,(H,61,70)(H,64,69);2*1-2H3;1H2;1H2. The molecule has 3 aliphatic rings. The fourth-order valence-electron chi connectivity index (χ4n) is 9.57. The van der Waals surface area contributed by atoms with Gasteiger partial charge in [-0.1, -0.05) is 125 Å². The highest BCUT2D eigenvalue weighted by Crippen LogP contribution is 2.44. The number of nitrogens with zero attached hydrogens (tertiary/aromatic N) is 4. The third-order valence-electron chi connectivity index (χ3n) is 13.3. The Bertz CT molecular complexity index is 3230. The summed E-state index contributed by atoms with van der Waals surface area (Å²) in [4.78, 5) is 79.3. The summed E-state index contributed by atoms with van der Waals surface area (Å²) in [5.41, 5.74) is 12.5. The molecule has 0 radical (unpaired) electrons. The zero-order valence-electron chi connectivity index (χ0n) is 45.7. The van der Waals surface area contributed by atoms with Gasteiger partial charge in [0.15, 0.2) is 0 Å². The Kier molecular flexibility index (Phi) is 23.8. The predicted octanol–water partition coefficient (Wildman–Crippen LogP) is 8.26. The molecule has 0 bridgehead atoms. The normalized spacial score (nSPS) is 13.5. The fraction of sp³-hybridized carbons (Fsp3) is 0.317. The van der Waals surface area contributed by atoms with Gasteiger partial charge in [0.05, 0.1) is 42.0 Å². The molecule has 2 aliphatic heterocycles. The van der Waals surface area contributed by atoms with Crippen molar-refractivity contribution in [3.05, 3.63) is 188 Å². The number of nitrogens with one attached hydrogen (secondary N) is 3. The Morgan fingerprint density at radius 1 is 0.802 bits per heavy atom. The van der Waals surface area contributed by atoms with Crippen LogP contribution in [0.2, 0.25) is 0 Å². The average molecular weight is 1140 g/mol. The quantitative estimate of drug-likeness (QED) is 0.0536. The molecule has 1 fully saturated rings. The van der Waals surface area contributed by atoms with Crippen LogP contribution < -0.4 is 21.9 Å². The minimum atomic E-state index is -4.36. The maximum absolute atomic E-state index is 15.3. The van der Waals surface area contributed by atoms with E-state index in [4.69, 9.17) is 20.0 Å². The highest BCUT2D eigenvalue weighted by Gasteiger charge is 2.33. The van der Waals surface area contributed by atoms with Crippen LogP contribution in [0.4, 0.5) is 22.4 Å². The summed E-state index contributed by atoms with van der Waals surface area (Å²) in [6.07, 6.45) is -4.39. The van der Waals surface area contributed by atoms with E-state index in [1.807, 2.05) is 83.0 Å². The summed E-state index contributed by atoms with van der Waals surface area (Å²) in [5, 5.41) is 13.5. The van der Waals surface area contributed by atoms with E-state index in [0.717, 1.165) is 22.3 Å². The van der Waals surface area contributed by atoms with Gasteiger partial charge in [-0.3, -0.25) is 24.1 Å². The van der Waals surface area contributed by atoms with Crippen LogP contribution >= 0.6 is 13.5 Å². The molecular weight excluding hydrogens is 1070 g/mol. The third kappa shape index (κ3) is 16.2. The molecule has 430 valence electrons. The van der Waals surface area contributed by atoms with E-state index >= 15 is 4.39 Å². The molecule has 0 atom stereocenters. The number of hydrogen-bond donors (Lipinski definition) is 4. The second-order valence-corrected chi connectivity index (χ2v) is 18.1. The smallest absolute Gasteiger partial charge is 0.410 e. The number of ether oxygens (including phenoxy) is 2. The molecule has 5 N–H and O–H groups in total. The van der Waals surface area contributed by atoms with Crippen LogP contribution in [0.1, 0.15) is 77.5 Å². The maximum atomic E-state index is 15.3. The van der Waals surface area contributed by atoms with Crippen molar-refractivity contribution >= 4 is 60.4 Å². The summed E-state index contributed by atoms with van der Waals surface area (Å²) < 4.78 is 66.0. The van der Waals surface area contributed by atoms with Crippen molar-refractivity contribution < 1.29 is 51.0 Å². The van der Waals surface area contributed by atoms with Gasteiger partial charge in [0.25, 0.3) is 17.4 Å². The Morgan fingerprint density at radius 3 is 2.09 bits per heavy atom. The largest absolute Gasteiger partial charge is 0.448 e. The number of dihydropyridines is 1. The molecule has 81 heavy (non-hydrogen) atoms. The number of alkyl halides is 3. The predicted molar refractivity (Wildman–Crippen MR) is 308 cm³/mol. The lowest BCUT2D eigenvalue weighted by molar-refractivity contribution is -0.133. The van der Waals surface area contributed by atoms with Crippen molar-refractivity contribution in [2.24, 2.45) is 5.73 Å². The minimum Gasteiger partial charge on any atom is -0.448 e. The lowest BCUT2D eigenvalue weighted by atomic mass is 9.98. The fourth-order valence-corrected chi connectivity index (χ4v) is 9.57. The Balaban J connectivity index is 0.00000166. The molecule has 3 heterocycles. The molecule has 1 aliphatic carbocycles. The minimum absolute atomic E-state index is 0. The first-order chi connectivity index (χ1) is 38.7. The number of carbonyl (C=O) groups excluding carboxylic acids is 5. The van der Waals surface area contributed by atoms with Crippen molar-refractivity contribution in [2.75, 3.05) is 72.2 Å². The Morgan fingerprint density at radius 2 is 1.43 bits per heavy atom. The first-order valence-electron chi connectivity index (χ1n) is 26.4. The summed E-state index contributed by atoms with van der Waals surface area (Å²) >= 11 is 0. The molecule has 9 rings (SSSR count). The second kappa shape index (κ2) is 30.3. The van der Waals surface area contributed by atoms with Crippen molar-refractivity contribution in [1.29, 1.82) is 0 Å². The van der Waals surface area contributed by atoms with Gasteiger partial charge in [0.1, 0.15) is 31.5 Å². The molecule has 1 saturated heterocycles. The van der Waals surface area contributed by atoms with Crippen LogP contribution in [0, 0.1) is 5.82 Å². The van der Waals surface area contributed by atoms with Crippen LogP contribution in [0.3, 0.4) is 0 Å². The average Bonchev–Trinajstić information content (AvgIpc) is 3.97. The molecule has 21 heteroatoms. The number of rotatable bonds is 16. The molecule has 0 saturated carbocycles. The monoisotopic (exact) mass is 1140 g/mol. The molecule has 6 aromatic rings. The van der Waals surface area contributed by atoms with Crippen LogP contribution in [-0.4, -0.2) is 134 Å². The maximum Gasteiger partial charge on any atom is 0.410 e. The summed E-state index contributed by atoms with van der Waals surface area (Å²) in [5.74, 6) is -2.40. The molecule has 16 nitrogen and oxygen atoms in total. The van der Waals surface area contributed by atoms with E-state index < -0.39 is 42.2 Å². The molecular formula is C60H68F4N8O8S. The van der Waals surface area contributed by atoms with Gasteiger partial charge in [0.2, 0.25) is 5.91 Å². The van der Waals surface area contributed by atoms with E-state index in [1.54, 1.807) is 42.5 Å².